The highest BCUT2D eigenvalue weighted by molar-refractivity contribution is 4.86. The molecule has 62 valence electrons. The Kier molecular flexibility index (Phi) is 2.63. The fourth-order valence-electron chi connectivity index (χ4n) is 0.895. The highest BCUT2D eigenvalue weighted by Crippen LogP contribution is 2.01. The van der Waals surface area contributed by atoms with E-state index in [2.05, 4.69) is 24.2 Å². The van der Waals surface area contributed by atoms with E-state index in [1.807, 2.05) is 17.8 Å². The quantitative estimate of drug-likeness (QED) is 0.660. The molecule has 0 aliphatic rings. The molecular weight excluding hydrogens is 138 g/mol. The van der Waals surface area contributed by atoms with E-state index in [-0.39, 0.29) is 0 Å². The first-order valence-corrected chi connectivity index (χ1v) is 4.05. The van der Waals surface area contributed by atoms with Crippen molar-refractivity contribution in [1.82, 2.24) is 15.0 Å². The van der Waals surface area contributed by atoms with Gasteiger partial charge in [0.05, 0.1) is 5.69 Å². The summed E-state index contributed by atoms with van der Waals surface area (Å²) >= 11 is 0. The Morgan fingerprint density at radius 1 is 1.55 bits per heavy atom. The van der Waals surface area contributed by atoms with Crippen molar-refractivity contribution in [1.29, 1.82) is 0 Å². The van der Waals surface area contributed by atoms with Gasteiger partial charge in [-0.1, -0.05) is 19.1 Å². The first kappa shape index (κ1) is 8.24. The van der Waals surface area contributed by atoms with Crippen LogP contribution in [0.3, 0.4) is 0 Å². The highest BCUT2D eigenvalue weighted by atomic mass is 15.4. The van der Waals surface area contributed by atoms with Crippen molar-refractivity contribution in [2.75, 3.05) is 0 Å². The minimum absolute atomic E-state index is 0.736. The molecule has 0 saturated heterocycles. The Morgan fingerprint density at radius 2 is 2.27 bits per heavy atom. The van der Waals surface area contributed by atoms with Gasteiger partial charge in [0.25, 0.3) is 0 Å². The summed E-state index contributed by atoms with van der Waals surface area (Å²) in [6, 6.07) is 0. The Hall–Kier alpha value is -0.860. The van der Waals surface area contributed by atoms with Gasteiger partial charge in [-0.3, -0.25) is 4.68 Å². The zero-order chi connectivity index (χ0) is 8.27. The van der Waals surface area contributed by atoms with E-state index in [1.165, 1.54) is 6.42 Å². The van der Waals surface area contributed by atoms with Crippen molar-refractivity contribution >= 4 is 0 Å². The largest absolute Gasteiger partial charge is 0.252 e. The molecule has 0 aliphatic carbocycles. The predicted molar refractivity (Wildman–Crippen MR) is 44.2 cm³/mol. The molecule has 0 unspecified atom stereocenters. The summed E-state index contributed by atoms with van der Waals surface area (Å²) in [5, 5.41) is 7.86. The second-order valence-electron chi connectivity index (χ2n) is 3.31. The summed E-state index contributed by atoms with van der Waals surface area (Å²) in [6.45, 7) is 7.37. The van der Waals surface area contributed by atoms with Crippen LogP contribution in [0.4, 0.5) is 0 Å². The van der Waals surface area contributed by atoms with E-state index in [9.17, 15) is 0 Å². The monoisotopic (exact) mass is 153 g/mol. The number of rotatable bonds is 3. The highest BCUT2D eigenvalue weighted by Gasteiger charge is 1.97. The second-order valence-corrected chi connectivity index (χ2v) is 3.31. The Morgan fingerprint density at radius 3 is 2.73 bits per heavy atom. The molecule has 0 fully saturated rings. The molecule has 0 aliphatic heterocycles. The lowest BCUT2D eigenvalue weighted by molar-refractivity contribution is 0.478. The van der Waals surface area contributed by atoms with Gasteiger partial charge in [-0.15, -0.1) is 5.10 Å². The van der Waals surface area contributed by atoms with Crippen molar-refractivity contribution < 1.29 is 0 Å². The van der Waals surface area contributed by atoms with Crippen molar-refractivity contribution in [2.24, 2.45) is 5.92 Å². The molecule has 0 bridgehead atoms. The van der Waals surface area contributed by atoms with Gasteiger partial charge in [0.15, 0.2) is 0 Å². The van der Waals surface area contributed by atoms with Gasteiger partial charge in [0.2, 0.25) is 0 Å². The summed E-state index contributed by atoms with van der Waals surface area (Å²) in [5.41, 5.74) is 0.994. The fraction of sp³-hybridized carbons (Fsp3) is 0.750. The average molecular weight is 153 g/mol. The molecule has 11 heavy (non-hydrogen) atoms. The molecule has 0 aromatic carbocycles. The molecule has 0 amide bonds. The van der Waals surface area contributed by atoms with Gasteiger partial charge >= 0.3 is 0 Å². The van der Waals surface area contributed by atoms with E-state index in [1.54, 1.807) is 0 Å². The SMILES string of the molecule is Cc1cn(CCC(C)C)nn1. The second kappa shape index (κ2) is 3.51. The van der Waals surface area contributed by atoms with Crippen LogP contribution < -0.4 is 0 Å². The summed E-state index contributed by atoms with van der Waals surface area (Å²) in [6.07, 6.45) is 3.14. The first-order valence-electron chi connectivity index (χ1n) is 4.05. The molecule has 1 heterocycles. The molecule has 3 heteroatoms. The summed E-state index contributed by atoms with van der Waals surface area (Å²) in [4.78, 5) is 0. The molecule has 3 nitrogen and oxygen atoms in total. The lowest BCUT2D eigenvalue weighted by Gasteiger charge is -2.02. The van der Waals surface area contributed by atoms with Crippen LogP contribution in [0.15, 0.2) is 6.20 Å². The van der Waals surface area contributed by atoms with Gasteiger partial charge in [-0.2, -0.15) is 0 Å². The third-order valence-corrected chi connectivity index (χ3v) is 1.59. The summed E-state index contributed by atoms with van der Waals surface area (Å²) in [7, 11) is 0. The van der Waals surface area contributed by atoms with Crippen LogP contribution in [0, 0.1) is 12.8 Å². The normalized spacial score (nSPS) is 10.9. The van der Waals surface area contributed by atoms with E-state index in [0.29, 0.717) is 0 Å². The maximum atomic E-state index is 3.95. The first-order chi connectivity index (χ1) is 5.18. The fourth-order valence-corrected chi connectivity index (χ4v) is 0.895. The topological polar surface area (TPSA) is 30.7 Å². The molecule has 0 atom stereocenters. The van der Waals surface area contributed by atoms with Crippen molar-refractivity contribution in [2.45, 2.75) is 33.7 Å². The van der Waals surface area contributed by atoms with Gasteiger partial charge < -0.3 is 0 Å². The van der Waals surface area contributed by atoms with Crippen molar-refractivity contribution in [3.8, 4) is 0 Å². The Balaban J connectivity index is 2.39. The van der Waals surface area contributed by atoms with E-state index < -0.39 is 0 Å². The van der Waals surface area contributed by atoms with Crippen molar-refractivity contribution in [3.05, 3.63) is 11.9 Å². The molecule has 1 rings (SSSR count). The van der Waals surface area contributed by atoms with E-state index in [0.717, 1.165) is 18.2 Å². The molecular formula is C8H15N3. The zero-order valence-corrected chi connectivity index (χ0v) is 7.41. The molecule has 0 N–H and O–H groups in total. The Bertz CT molecular complexity index is 215. The number of aromatic nitrogens is 3. The van der Waals surface area contributed by atoms with Crippen LogP contribution in [0.1, 0.15) is 26.0 Å². The zero-order valence-electron chi connectivity index (χ0n) is 7.41. The number of hydrogen-bond donors (Lipinski definition) is 0. The molecule has 1 aromatic heterocycles. The van der Waals surface area contributed by atoms with E-state index >= 15 is 0 Å². The minimum Gasteiger partial charge on any atom is -0.252 e. The maximum absolute atomic E-state index is 3.95. The van der Waals surface area contributed by atoms with E-state index in [4.69, 9.17) is 0 Å². The van der Waals surface area contributed by atoms with Crippen LogP contribution in [0.25, 0.3) is 0 Å². The standard InChI is InChI=1S/C8H15N3/c1-7(2)4-5-11-6-8(3)9-10-11/h6-7H,4-5H2,1-3H3. The van der Waals surface area contributed by atoms with Crippen LogP contribution in [0.5, 0.6) is 0 Å². The average Bonchev–Trinajstić information content (AvgIpc) is 2.31. The van der Waals surface area contributed by atoms with Gasteiger partial charge in [0.1, 0.15) is 0 Å². The van der Waals surface area contributed by atoms with Crippen LogP contribution in [-0.4, -0.2) is 15.0 Å². The predicted octanol–water partition coefficient (Wildman–Crippen LogP) is 1.63. The molecule has 0 spiro atoms. The van der Waals surface area contributed by atoms with Gasteiger partial charge in [-0.05, 0) is 19.3 Å². The summed E-state index contributed by atoms with van der Waals surface area (Å²) in [5.74, 6) is 0.736. The third-order valence-electron chi connectivity index (χ3n) is 1.59. The molecule has 1 aromatic rings. The van der Waals surface area contributed by atoms with Gasteiger partial charge in [-0.25, -0.2) is 0 Å². The van der Waals surface area contributed by atoms with Crippen LogP contribution in [0.2, 0.25) is 0 Å². The van der Waals surface area contributed by atoms with Gasteiger partial charge in [0, 0.05) is 12.7 Å². The number of hydrogen-bond acceptors (Lipinski definition) is 2. The number of aryl methyl sites for hydroxylation is 2. The van der Waals surface area contributed by atoms with Crippen molar-refractivity contribution in [3.63, 3.8) is 0 Å². The smallest absolute Gasteiger partial charge is 0.0796 e. The van der Waals surface area contributed by atoms with Crippen LogP contribution in [-0.2, 0) is 6.54 Å². The maximum Gasteiger partial charge on any atom is 0.0796 e. The summed E-state index contributed by atoms with van der Waals surface area (Å²) < 4.78 is 1.90. The van der Waals surface area contributed by atoms with Crippen LogP contribution >= 0.6 is 0 Å². The lowest BCUT2D eigenvalue weighted by Crippen LogP contribution is -2.01. The Labute approximate surface area is 67.4 Å². The minimum atomic E-state index is 0.736. The number of nitrogens with zero attached hydrogens (tertiary/aromatic N) is 3. The molecule has 0 saturated carbocycles. The third kappa shape index (κ3) is 2.70. The molecule has 0 radical (unpaired) electrons. The lowest BCUT2D eigenvalue weighted by atomic mass is 10.1.